The average Bonchev–Trinajstić information content (AvgIpc) is 2.25. The Morgan fingerprint density at radius 1 is 1.41 bits per heavy atom. The van der Waals surface area contributed by atoms with Gasteiger partial charge in [0.25, 0.3) is 0 Å². The molecule has 96 valence electrons. The van der Waals surface area contributed by atoms with Gasteiger partial charge in [0.1, 0.15) is 5.82 Å². The van der Waals surface area contributed by atoms with Crippen LogP contribution in [-0.2, 0) is 10.0 Å². The number of rotatable bonds is 6. The molecule has 0 aliphatic carbocycles. The molecule has 0 amide bonds. The van der Waals surface area contributed by atoms with E-state index in [0.29, 0.717) is 23.9 Å². The number of sulfonamides is 1. The van der Waals surface area contributed by atoms with Gasteiger partial charge in [0.2, 0.25) is 15.9 Å². The molecule has 0 aliphatic heterocycles. The fraction of sp³-hybridized carbons (Fsp3) is 0.444. The largest absolute Gasteiger partial charge is 0.479 e. The monoisotopic (exact) mass is 260 g/mol. The van der Waals surface area contributed by atoms with Crippen LogP contribution in [0.4, 0.5) is 11.5 Å². The summed E-state index contributed by atoms with van der Waals surface area (Å²) in [7, 11) is -1.67. The molecule has 0 radical (unpaired) electrons. The van der Waals surface area contributed by atoms with Crippen molar-refractivity contribution in [3.05, 3.63) is 12.1 Å². The third-order valence-corrected chi connectivity index (χ3v) is 2.61. The van der Waals surface area contributed by atoms with Crippen LogP contribution in [0.5, 0.6) is 5.88 Å². The van der Waals surface area contributed by atoms with Crippen molar-refractivity contribution in [2.75, 3.05) is 37.5 Å². The second-order valence-corrected chi connectivity index (χ2v) is 5.22. The van der Waals surface area contributed by atoms with Crippen molar-refractivity contribution in [1.29, 1.82) is 0 Å². The average molecular weight is 260 g/mol. The predicted octanol–water partition coefficient (Wildman–Crippen LogP) is -0.366. The molecule has 1 heterocycles. The maximum absolute atomic E-state index is 10.8. The van der Waals surface area contributed by atoms with Crippen LogP contribution in [0, 0.1) is 0 Å². The molecule has 0 fully saturated rings. The van der Waals surface area contributed by atoms with E-state index in [0.717, 1.165) is 6.26 Å². The van der Waals surface area contributed by atoms with E-state index in [9.17, 15) is 8.42 Å². The van der Waals surface area contributed by atoms with Gasteiger partial charge in [0.05, 0.1) is 19.1 Å². The zero-order valence-corrected chi connectivity index (χ0v) is 10.5. The van der Waals surface area contributed by atoms with E-state index in [4.69, 9.17) is 10.5 Å². The van der Waals surface area contributed by atoms with Gasteiger partial charge in [-0.05, 0) is 12.1 Å². The maximum Gasteiger partial charge on any atom is 0.238 e. The van der Waals surface area contributed by atoms with Gasteiger partial charge in [-0.1, -0.05) is 0 Å². The van der Waals surface area contributed by atoms with E-state index in [2.05, 4.69) is 15.0 Å². The Labute approximate surface area is 100 Å². The minimum absolute atomic E-state index is 0.285. The lowest BCUT2D eigenvalue weighted by Gasteiger charge is -2.08. The van der Waals surface area contributed by atoms with E-state index in [1.54, 1.807) is 12.1 Å². The lowest BCUT2D eigenvalue weighted by molar-refractivity contribution is 0.401. The normalized spacial score (nSPS) is 11.2. The molecule has 0 aliphatic rings. The second kappa shape index (κ2) is 5.69. The van der Waals surface area contributed by atoms with Crippen LogP contribution in [0.3, 0.4) is 0 Å². The molecule has 1 rings (SSSR count). The summed E-state index contributed by atoms with van der Waals surface area (Å²) < 4.78 is 28.9. The summed E-state index contributed by atoms with van der Waals surface area (Å²) in [4.78, 5) is 4.09. The highest BCUT2D eigenvalue weighted by molar-refractivity contribution is 7.88. The fourth-order valence-electron chi connectivity index (χ4n) is 1.14. The highest BCUT2D eigenvalue weighted by Crippen LogP contribution is 2.19. The molecule has 0 saturated carbocycles. The van der Waals surface area contributed by atoms with Crippen LogP contribution >= 0.6 is 0 Å². The topological polar surface area (TPSA) is 106 Å². The molecule has 8 heteroatoms. The van der Waals surface area contributed by atoms with E-state index in [1.807, 2.05) is 0 Å². The molecule has 17 heavy (non-hydrogen) atoms. The number of nitrogen functional groups attached to an aromatic ring is 1. The zero-order valence-electron chi connectivity index (χ0n) is 9.73. The number of ether oxygens (including phenoxy) is 1. The van der Waals surface area contributed by atoms with Crippen molar-refractivity contribution in [2.24, 2.45) is 0 Å². The van der Waals surface area contributed by atoms with Gasteiger partial charge in [-0.3, -0.25) is 0 Å². The second-order valence-electron chi connectivity index (χ2n) is 3.39. The van der Waals surface area contributed by atoms with Gasteiger partial charge in [-0.25, -0.2) is 13.1 Å². The molecular formula is C9H16N4O3S. The number of hydrogen-bond donors (Lipinski definition) is 3. The van der Waals surface area contributed by atoms with Crippen molar-refractivity contribution in [3.63, 3.8) is 0 Å². The number of methoxy groups -OCH3 is 1. The Bertz CT molecular complexity index is 475. The highest BCUT2D eigenvalue weighted by Gasteiger charge is 2.03. The predicted molar refractivity (Wildman–Crippen MR) is 66.5 cm³/mol. The van der Waals surface area contributed by atoms with Gasteiger partial charge in [0, 0.05) is 13.1 Å². The number of pyridine rings is 1. The first kappa shape index (κ1) is 13.5. The highest BCUT2D eigenvalue weighted by atomic mass is 32.2. The maximum atomic E-state index is 10.8. The zero-order chi connectivity index (χ0) is 12.9. The van der Waals surface area contributed by atoms with Crippen molar-refractivity contribution in [2.45, 2.75) is 0 Å². The lowest BCUT2D eigenvalue weighted by atomic mass is 10.4. The number of hydrogen-bond acceptors (Lipinski definition) is 6. The van der Waals surface area contributed by atoms with E-state index in [-0.39, 0.29) is 6.54 Å². The fourth-order valence-corrected chi connectivity index (χ4v) is 1.61. The Balaban J connectivity index is 2.47. The number of nitrogens with one attached hydrogen (secondary N) is 2. The van der Waals surface area contributed by atoms with Crippen LogP contribution in [0.2, 0.25) is 0 Å². The van der Waals surface area contributed by atoms with Crippen LogP contribution < -0.4 is 20.5 Å². The van der Waals surface area contributed by atoms with Gasteiger partial charge >= 0.3 is 0 Å². The molecule has 0 unspecified atom stereocenters. The first-order valence-corrected chi connectivity index (χ1v) is 6.80. The molecule has 4 N–H and O–H groups in total. The van der Waals surface area contributed by atoms with Crippen LogP contribution in [-0.4, -0.2) is 39.9 Å². The summed E-state index contributed by atoms with van der Waals surface area (Å²) in [6.07, 6.45) is 1.11. The summed E-state index contributed by atoms with van der Waals surface area (Å²) in [5, 5.41) is 2.95. The quantitative estimate of drug-likeness (QED) is 0.603. The van der Waals surface area contributed by atoms with E-state index in [1.165, 1.54) is 7.11 Å². The van der Waals surface area contributed by atoms with Gasteiger partial charge in [0.15, 0.2) is 0 Å². The van der Waals surface area contributed by atoms with Crippen molar-refractivity contribution >= 4 is 21.5 Å². The number of nitrogens with zero attached hydrogens (tertiary/aromatic N) is 1. The first-order valence-electron chi connectivity index (χ1n) is 4.91. The molecule has 1 aromatic rings. The number of anilines is 2. The first-order chi connectivity index (χ1) is 7.92. The Hall–Kier alpha value is -1.54. The Morgan fingerprint density at radius 3 is 2.71 bits per heavy atom. The van der Waals surface area contributed by atoms with E-state index < -0.39 is 10.0 Å². The Morgan fingerprint density at radius 2 is 2.12 bits per heavy atom. The van der Waals surface area contributed by atoms with Gasteiger partial charge in [-0.15, -0.1) is 0 Å². The van der Waals surface area contributed by atoms with Gasteiger partial charge in [-0.2, -0.15) is 4.98 Å². The minimum atomic E-state index is -3.15. The van der Waals surface area contributed by atoms with Crippen molar-refractivity contribution in [1.82, 2.24) is 9.71 Å². The minimum Gasteiger partial charge on any atom is -0.479 e. The smallest absolute Gasteiger partial charge is 0.238 e. The van der Waals surface area contributed by atoms with Crippen molar-refractivity contribution < 1.29 is 13.2 Å². The summed E-state index contributed by atoms with van der Waals surface area (Å²) in [5.41, 5.74) is 6.06. The van der Waals surface area contributed by atoms with Gasteiger partial charge < -0.3 is 15.8 Å². The third kappa shape index (κ3) is 4.87. The number of nitrogens with two attached hydrogens (primary N) is 1. The molecule has 1 aromatic heterocycles. The van der Waals surface area contributed by atoms with Crippen LogP contribution in [0.25, 0.3) is 0 Å². The molecule has 0 aromatic carbocycles. The SMILES string of the molecule is COc1nc(NCCNS(C)(=O)=O)ccc1N. The molecular weight excluding hydrogens is 244 g/mol. The third-order valence-electron chi connectivity index (χ3n) is 1.88. The molecule has 0 bridgehead atoms. The van der Waals surface area contributed by atoms with E-state index >= 15 is 0 Å². The molecule has 0 spiro atoms. The molecule has 7 nitrogen and oxygen atoms in total. The summed E-state index contributed by atoms with van der Waals surface area (Å²) >= 11 is 0. The summed E-state index contributed by atoms with van der Waals surface area (Å²) in [5.74, 6) is 0.914. The number of aromatic nitrogens is 1. The molecule has 0 saturated heterocycles. The summed E-state index contributed by atoms with van der Waals surface area (Å²) in [6.45, 7) is 0.709. The van der Waals surface area contributed by atoms with Crippen LogP contribution in [0.15, 0.2) is 12.1 Å². The summed E-state index contributed by atoms with van der Waals surface area (Å²) in [6, 6.07) is 3.36. The molecule has 0 atom stereocenters. The van der Waals surface area contributed by atoms with Crippen LogP contribution in [0.1, 0.15) is 0 Å². The Kier molecular flexibility index (Phi) is 4.53. The standard InChI is InChI=1S/C9H16N4O3S/c1-16-9-7(10)3-4-8(13-9)11-5-6-12-17(2,14)15/h3-4,12H,5-6,10H2,1-2H3,(H,11,13). The lowest BCUT2D eigenvalue weighted by Crippen LogP contribution is -2.27. The van der Waals surface area contributed by atoms with Crippen molar-refractivity contribution in [3.8, 4) is 5.88 Å².